The molecule has 0 saturated carbocycles. The number of para-hydroxylation sites is 1. The molecule has 3 rings (SSSR count). The number of benzene rings is 3. The lowest BCUT2D eigenvalue weighted by atomic mass is 10.2. The normalized spacial score (nSPS) is 10.0. The van der Waals surface area contributed by atoms with E-state index in [1.54, 1.807) is 67.8 Å². The minimum Gasteiger partial charge on any atom is -0.497 e. The highest BCUT2D eigenvalue weighted by molar-refractivity contribution is 6.04. The molecule has 2 N–H and O–H groups in total. The summed E-state index contributed by atoms with van der Waals surface area (Å²) in [7, 11) is 1.57. The fourth-order valence-corrected chi connectivity index (χ4v) is 2.48. The second kappa shape index (κ2) is 9.23. The van der Waals surface area contributed by atoms with E-state index >= 15 is 0 Å². The number of rotatable bonds is 7. The Morgan fingerprint density at radius 1 is 0.786 bits per heavy atom. The Kier molecular flexibility index (Phi) is 6.25. The zero-order valence-corrected chi connectivity index (χ0v) is 15.3. The first kappa shape index (κ1) is 19.0. The van der Waals surface area contributed by atoms with Crippen LogP contribution >= 0.6 is 0 Å². The Labute approximate surface area is 163 Å². The van der Waals surface area contributed by atoms with E-state index in [4.69, 9.17) is 9.47 Å². The van der Waals surface area contributed by atoms with Crippen molar-refractivity contribution in [1.29, 1.82) is 0 Å². The van der Waals surface area contributed by atoms with Gasteiger partial charge in [-0.05, 0) is 54.6 Å². The third-order valence-corrected chi connectivity index (χ3v) is 3.87. The minimum atomic E-state index is -0.289. The largest absolute Gasteiger partial charge is 0.497 e. The molecule has 0 spiro atoms. The lowest BCUT2D eigenvalue weighted by Gasteiger charge is -2.10. The maximum absolute atomic E-state index is 12.3. The Balaban J connectivity index is 1.57. The second-order valence-corrected chi connectivity index (χ2v) is 5.91. The average Bonchev–Trinajstić information content (AvgIpc) is 2.73. The van der Waals surface area contributed by atoms with Gasteiger partial charge in [-0.1, -0.05) is 24.3 Å². The summed E-state index contributed by atoms with van der Waals surface area (Å²) >= 11 is 0. The molecule has 3 aromatic rings. The molecular formula is C22H20N2O4. The highest BCUT2D eigenvalue weighted by Gasteiger charge is 2.08. The highest BCUT2D eigenvalue weighted by atomic mass is 16.5. The van der Waals surface area contributed by atoms with Crippen molar-refractivity contribution >= 4 is 23.2 Å². The fraction of sp³-hybridized carbons (Fsp3) is 0.0909. The molecule has 0 aliphatic heterocycles. The summed E-state index contributed by atoms with van der Waals surface area (Å²) < 4.78 is 10.5. The Morgan fingerprint density at radius 2 is 1.46 bits per heavy atom. The number of methoxy groups -OCH3 is 1. The molecule has 0 unspecified atom stereocenters. The number of anilines is 2. The van der Waals surface area contributed by atoms with Crippen molar-refractivity contribution in [3.05, 3.63) is 84.4 Å². The Hall–Kier alpha value is -3.80. The van der Waals surface area contributed by atoms with Crippen molar-refractivity contribution in [1.82, 2.24) is 0 Å². The van der Waals surface area contributed by atoms with Gasteiger partial charge in [0.15, 0.2) is 6.61 Å². The first-order chi connectivity index (χ1) is 13.6. The summed E-state index contributed by atoms with van der Waals surface area (Å²) in [5.74, 6) is 0.762. The highest BCUT2D eigenvalue weighted by Crippen LogP contribution is 2.17. The standard InChI is InChI=1S/C22H20N2O4/c1-27-19-12-10-16(11-13-19)22(26)24-18-7-5-6-17(14-18)23-21(25)15-28-20-8-3-2-4-9-20/h2-14H,15H2,1H3,(H,23,25)(H,24,26). The van der Waals surface area contributed by atoms with Crippen LogP contribution in [-0.4, -0.2) is 25.5 Å². The molecule has 28 heavy (non-hydrogen) atoms. The number of amides is 2. The topological polar surface area (TPSA) is 76.7 Å². The molecule has 0 aliphatic carbocycles. The molecule has 6 heteroatoms. The third-order valence-electron chi connectivity index (χ3n) is 3.87. The van der Waals surface area contributed by atoms with E-state index in [1.165, 1.54) is 0 Å². The van der Waals surface area contributed by atoms with Gasteiger partial charge in [0, 0.05) is 16.9 Å². The van der Waals surface area contributed by atoms with Crippen LogP contribution in [-0.2, 0) is 4.79 Å². The molecular weight excluding hydrogens is 356 g/mol. The molecule has 6 nitrogen and oxygen atoms in total. The zero-order chi connectivity index (χ0) is 19.8. The first-order valence-electron chi connectivity index (χ1n) is 8.67. The SMILES string of the molecule is COc1ccc(C(=O)Nc2cccc(NC(=O)COc3ccccc3)c2)cc1. The van der Waals surface area contributed by atoms with Crippen LogP contribution in [0.15, 0.2) is 78.9 Å². The van der Waals surface area contributed by atoms with Gasteiger partial charge in [-0.25, -0.2) is 0 Å². The summed E-state index contributed by atoms with van der Waals surface area (Å²) in [6.45, 7) is -0.105. The van der Waals surface area contributed by atoms with E-state index in [9.17, 15) is 9.59 Å². The molecule has 2 amide bonds. The van der Waals surface area contributed by atoms with Gasteiger partial charge in [-0.15, -0.1) is 0 Å². The first-order valence-corrected chi connectivity index (χ1v) is 8.67. The fourth-order valence-electron chi connectivity index (χ4n) is 2.48. The van der Waals surface area contributed by atoms with Gasteiger partial charge in [0.05, 0.1) is 7.11 Å². The van der Waals surface area contributed by atoms with Crippen molar-refractivity contribution in [3.63, 3.8) is 0 Å². The third kappa shape index (κ3) is 5.35. The maximum Gasteiger partial charge on any atom is 0.262 e. The zero-order valence-electron chi connectivity index (χ0n) is 15.3. The van der Waals surface area contributed by atoms with Crippen LogP contribution < -0.4 is 20.1 Å². The van der Waals surface area contributed by atoms with E-state index in [2.05, 4.69) is 10.6 Å². The van der Waals surface area contributed by atoms with Crippen LogP contribution in [0, 0.1) is 0 Å². The smallest absolute Gasteiger partial charge is 0.262 e. The van der Waals surface area contributed by atoms with E-state index < -0.39 is 0 Å². The predicted octanol–water partition coefficient (Wildman–Crippen LogP) is 3.97. The van der Waals surface area contributed by atoms with Crippen LogP contribution in [0.3, 0.4) is 0 Å². The predicted molar refractivity (Wildman–Crippen MR) is 108 cm³/mol. The molecule has 0 radical (unpaired) electrons. The van der Waals surface area contributed by atoms with Crippen LogP contribution in [0.5, 0.6) is 11.5 Å². The monoisotopic (exact) mass is 376 g/mol. The summed E-state index contributed by atoms with van der Waals surface area (Å²) in [6.07, 6.45) is 0. The number of hydrogen-bond acceptors (Lipinski definition) is 4. The molecule has 0 atom stereocenters. The second-order valence-electron chi connectivity index (χ2n) is 5.91. The molecule has 0 aliphatic rings. The van der Waals surface area contributed by atoms with Crippen LogP contribution in [0.4, 0.5) is 11.4 Å². The minimum absolute atomic E-state index is 0.105. The van der Waals surface area contributed by atoms with E-state index in [1.807, 2.05) is 18.2 Å². The summed E-state index contributed by atoms with van der Waals surface area (Å²) in [5.41, 5.74) is 1.64. The summed E-state index contributed by atoms with van der Waals surface area (Å²) in [5, 5.41) is 5.55. The maximum atomic E-state index is 12.3. The molecule has 0 saturated heterocycles. The van der Waals surface area contributed by atoms with Gasteiger partial charge in [-0.3, -0.25) is 9.59 Å². The quantitative estimate of drug-likeness (QED) is 0.654. The number of carbonyl (C=O) groups excluding carboxylic acids is 2. The number of carbonyl (C=O) groups is 2. The van der Waals surface area contributed by atoms with E-state index in [0.717, 1.165) is 0 Å². The van der Waals surface area contributed by atoms with Crippen LogP contribution in [0.25, 0.3) is 0 Å². The van der Waals surface area contributed by atoms with Gasteiger partial charge < -0.3 is 20.1 Å². The van der Waals surface area contributed by atoms with Crippen LogP contribution in [0.2, 0.25) is 0 Å². The van der Waals surface area contributed by atoms with Gasteiger partial charge in [0.2, 0.25) is 0 Å². The van der Waals surface area contributed by atoms with E-state index in [-0.39, 0.29) is 18.4 Å². The molecule has 142 valence electrons. The van der Waals surface area contributed by atoms with Crippen molar-refractivity contribution in [2.75, 3.05) is 24.4 Å². The van der Waals surface area contributed by atoms with Gasteiger partial charge in [0.1, 0.15) is 11.5 Å². The molecule has 0 heterocycles. The average molecular weight is 376 g/mol. The summed E-state index contributed by atoms with van der Waals surface area (Å²) in [6, 6.07) is 22.8. The van der Waals surface area contributed by atoms with E-state index in [0.29, 0.717) is 28.4 Å². The van der Waals surface area contributed by atoms with Crippen molar-refractivity contribution < 1.29 is 19.1 Å². The lowest BCUT2D eigenvalue weighted by molar-refractivity contribution is -0.118. The van der Waals surface area contributed by atoms with Crippen LogP contribution in [0.1, 0.15) is 10.4 Å². The number of nitrogens with one attached hydrogen (secondary N) is 2. The van der Waals surface area contributed by atoms with Gasteiger partial charge in [0.25, 0.3) is 11.8 Å². The van der Waals surface area contributed by atoms with Gasteiger partial charge in [-0.2, -0.15) is 0 Å². The summed E-state index contributed by atoms with van der Waals surface area (Å²) in [4.78, 5) is 24.4. The molecule has 0 fully saturated rings. The molecule has 0 aromatic heterocycles. The molecule has 3 aromatic carbocycles. The Bertz CT molecular complexity index is 940. The van der Waals surface area contributed by atoms with Gasteiger partial charge >= 0.3 is 0 Å². The number of ether oxygens (including phenoxy) is 2. The van der Waals surface area contributed by atoms with Crippen molar-refractivity contribution in [2.24, 2.45) is 0 Å². The molecule has 0 bridgehead atoms. The van der Waals surface area contributed by atoms with Crippen molar-refractivity contribution in [3.8, 4) is 11.5 Å². The van der Waals surface area contributed by atoms with Crippen molar-refractivity contribution in [2.45, 2.75) is 0 Å². The number of hydrogen-bond donors (Lipinski definition) is 2. The Morgan fingerprint density at radius 3 is 2.14 bits per heavy atom. The lowest BCUT2D eigenvalue weighted by Crippen LogP contribution is -2.20.